The number of carbonyl (C=O) groups is 3. The van der Waals surface area contributed by atoms with Crippen LogP contribution in [0.2, 0.25) is 0 Å². The van der Waals surface area contributed by atoms with E-state index in [0.29, 0.717) is 10.6 Å². The second-order valence-electron chi connectivity index (χ2n) is 6.28. The number of methoxy groups -OCH3 is 2. The molecule has 2 atom stereocenters. The molecule has 0 radical (unpaired) electrons. The van der Waals surface area contributed by atoms with Gasteiger partial charge in [-0.3, -0.25) is 9.69 Å². The van der Waals surface area contributed by atoms with Crippen LogP contribution in [0.15, 0.2) is 46.3 Å². The first-order valence-corrected chi connectivity index (χ1v) is 9.17. The number of ether oxygens (including phenoxy) is 2. The van der Waals surface area contributed by atoms with Crippen LogP contribution in [0, 0.1) is 6.92 Å². The summed E-state index contributed by atoms with van der Waals surface area (Å²) in [7, 11) is 2.49. The van der Waals surface area contributed by atoms with Crippen LogP contribution < -0.4 is 5.73 Å². The van der Waals surface area contributed by atoms with Gasteiger partial charge in [0.1, 0.15) is 5.82 Å². The molecule has 1 saturated heterocycles. The Bertz CT molecular complexity index is 888. The number of hydrogen-bond donors (Lipinski definition) is 1. The van der Waals surface area contributed by atoms with Crippen LogP contribution in [0.5, 0.6) is 0 Å². The maximum Gasteiger partial charge on any atom is 0.338 e. The number of thioether (sulfide) groups is 1. The number of esters is 2. The molecule has 0 unspecified atom stereocenters. The summed E-state index contributed by atoms with van der Waals surface area (Å²) in [6.07, 6.45) is 0. The molecule has 142 valence electrons. The van der Waals surface area contributed by atoms with Crippen LogP contribution in [0.1, 0.15) is 24.0 Å². The van der Waals surface area contributed by atoms with Crippen molar-refractivity contribution in [1.29, 1.82) is 0 Å². The van der Waals surface area contributed by atoms with Gasteiger partial charge in [-0.2, -0.15) is 0 Å². The largest absolute Gasteiger partial charge is 0.466 e. The molecule has 0 spiro atoms. The zero-order chi connectivity index (χ0) is 19.9. The van der Waals surface area contributed by atoms with Gasteiger partial charge in [-0.05, 0) is 19.4 Å². The number of aryl methyl sites for hydroxylation is 1. The quantitative estimate of drug-likeness (QED) is 0.788. The molecule has 0 aliphatic carbocycles. The molecule has 1 fully saturated rings. The second kappa shape index (κ2) is 7.11. The van der Waals surface area contributed by atoms with Crippen molar-refractivity contribution >= 4 is 29.6 Å². The van der Waals surface area contributed by atoms with Crippen LogP contribution in [0.25, 0.3) is 0 Å². The summed E-state index contributed by atoms with van der Waals surface area (Å²) < 4.78 is 9.89. The van der Waals surface area contributed by atoms with E-state index in [1.807, 2.05) is 31.2 Å². The lowest BCUT2D eigenvalue weighted by atomic mass is 9.82. The number of fused-ring (bicyclic) bond motifs is 1. The predicted octanol–water partition coefficient (Wildman–Crippen LogP) is 1.78. The fourth-order valence-electron chi connectivity index (χ4n) is 3.24. The van der Waals surface area contributed by atoms with E-state index in [1.54, 1.807) is 6.92 Å². The number of nitrogens with two attached hydrogens (primary N) is 1. The van der Waals surface area contributed by atoms with Gasteiger partial charge in [0.15, 0.2) is 0 Å². The molecule has 1 aromatic carbocycles. The first kappa shape index (κ1) is 19.0. The van der Waals surface area contributed by atoms with E-state index < -0.39 is 23.1 Å². The number of hydrogen-bond acceptors (Lipinski definition) is 7. The summed E-state index contributed by atoms with van der Waals surface area (Å²) >= 11 is 1.22. The molecule has 0 saturated carbocycles. The van der Waals surface area contributed by atoms with Crippen molar-refractivity contribution in [2.45, 2.75) is 25.0 Å². The maximum absolute atomic E-state index is 12.7. The molecule has 1 aromatic rings. The molecular weight excluding hydrogens is 368 g/mol. The van der Waals surface area contributed by atoms with E-state index in [9.17, 15) is 14.4 Å². The molecule has 8 heteroatoms. The first-order chi connectivity index (χ1) is 12.8. The topological polar surface area (TPSA) is 98.9 Å². The summed E-state index contributed by atoms with van der Waals surface area (Å²) in [6.45, 7) is 3.66. The van der Waals surface area contributed by atoms with Crippen LogP contribution in [-0.2, 0) is 23.9 Å². The fourth-order valence-corrected chi connectivity index (χ4v) is 4.40. The Balaban J connectivity index is 2.32. The normalized spacial score (nSPS) is 22.1. The van der Waals surface area contributed by atoms with Gasteiger partial charge in [0.2, 0.25) is 5.91 Å². The average molecular weight is 388 g/mol. The molecule has 7 nitrogen and oxygen atoms in total. The second-order valence-corrected chi connectivity index (χ2v) is 7.61. The molecule has 0 bridgehead atoms. The van der Waals surface area contributed by atoms with Crippen LogP contribution in [0.4, 0.5) is 0 Å². The van der Waals surface area contributed by atoms with Crippen molar-refractivity contribution in [3.63, 3.8) is 0 Å². The van der Waals surface area contributed by atoms with Crippen LogP contribution >= 0.6 is 11.8 Å². The van der Waals surface area contributed by atoms with Crippen LogP contribution in [-0.4, -0.2) is 42.2 Å². The van der Waals surface area contributed by atoms with Crippen molar-refractivity contribution in [2.24, 2.45) is 5.73 Å². The number of carbonyl (C=O) groups excluding carboxylic acids is 3. The first-order valence-electron chi connectivity index (χ1n) is 8.29. The Morgan fingerprint density at radius 2 is 1.63 bits per heavy atom. The molecule has 2 heterocycles. The highest BCUT2D eigenvalue weighted by atomic mass is 32.2. The van der Waals surface area contributed by atoms with Crippen LogP contribution in [0.3, 0.4) is 0 Å². The standard InChI is InChI=1S/C19H20N2O5S/c1-9-5-7-11(8-6-9)12-13(18(23)25-3)15(20)21-16(22)10(2)27-17(21)14(12)19(24)26-4/h5-8,10,12H,20H2,1-4H3/t10-,12+/m1/s1. The lowest BCUT2D eigenvalue weighted by Crippen LogP contribution is -2.40. The number of amides is 1. The monoisotopic (exact) mass is 388 g/mol. The van der Waals surface area contributed by atoms with E-state index in [4.69, 9.17) is 15.2 Å². The van der Waals surface area contributed by atoms with Gasteiger partial charge in [0, 0.05) is 0 Å². The molecule has 3 rings (SSSR count). The van der Waals surface area contributed by atoms with Gasteiger partial charge >= 0.3 is 11.9 Å². The molecule has 2 aliphatic rings. The molecule has 2 aliphatic heterocycles. The molecule has 2 N–H and O–H groups in total. The SMILES string of the molecule is COC(=O)C1=C(N)N2C(=O)[C@@H](C)SC2=C(C(=O)OC)[C@H]1c1ccc(C)cc1. The van der Waals surface area contributed by atoms with Crippen molar-refractivity contribution in [2.75, 3.05) is 14.2 Å². The van der Waals surface area contributed by atoms with E-state index in [2.05, 4.69) is 0 Å². The molecule has 27 heavy (non-hydrogen) atoms. The summed E-state index contributed by atoms with van der Waals surface area (Å²) in [4.78, 5) is 39.1. The minimum Gasteiger partial charge on any atom is -0.466 e. The third kappa shape index (κ3) is 2.99. The Morgan fingerprint density at radius 3 is 2.19 bits per heavy atom. The fraction of sp³-hybridized carbons (Fsp3) is 0.316. The number of nitrogens with zero attached hydrogens (tertiary/aromatic N) is 1. The minimum absolute atomic E-state index is 0.0167. The predicted molar refractivity (Wildman–Crippen MR) is 100 cm³/mol. The third-order valence-electron chi connectivity index (χ3n) is 4.61. The zero-order valence-corrected chi connectivity index (χ0v) is 16.3. The molecule has 1 amide bonds. The Labute approximate surface area is 161 Å². The summed E-state index contributed by atoms with van der Waals surface area (Å²) in [6, 6.07) is 7.39. The number of rotatable bonds is 3. The van der Waals surface area contributed by atoms with E-state index in [1.165, 1.54) is 30.9 Å². The van der Waals surface area contributed by atoms with Crippen molar-refractivity contribution < 1.29 is 23.9 Å². The van der Waals surface area contributed by atoms with Gasteiger partial charge in [0.25, 0.3) is 0 Å². The van der Waals surface area contributed by atoms with Gasteiger partial charge in [-0.25, -0.2) is 9.59 Å². The van der Waals surface area contributed by atoms with E-state index in [0.717, 1.165) is 5.56 Å². The molecular formula is C19H20N2O5S. The van der Waals surface area contributed by atoms with E-state index >= 15 is 0 Å². The summed E-state index contributed by atoms with van der Waals surface area (Å²) in [5.41, 5.74) is 8.21. The highest BCUT2D eigenvalue weighted by Gasteiger charge is 2.48. The lowest BCUT2D eigenvalue weighted by Gasteiger charge is -2.32. The van der Waals surface area contributed by atoms with Gasteiger partial charge < -0.3 is 15.2 Å². The van der Waals surface area contributed by atoms with Gasteiger partial charge in [-0.1, -0.05) is 41.6 Å². The summed E-state index contributed by atoms with van der Waals surface area (Å²) in [5, 5.41) is -0.0380. The Kier molecular flexibility index (Phi) is 5.01. The number of benzene rings is 1. The van der Waals surface area contributed by atoms with Gasteiger partial charge in [-0.15, -0.1) is 0 Å². The third-order valence-corrected chi connectivity index (χ3v) is 5.79. The maximum atomic E-state index is 12.7. The van der Waals surface area contributed by atoms with Gasteiger partial charge in [0.05, 0.1) is 41.6 Å². The Hall–Kier alpha value is -2.74. The highest BCUT2D eigenvalue weighted by Crippen LogP contribution is 2.49. The highest BCUT2D eigenvalue weighted by molar-refractivity contribution is 8.04. The molecule has 0 aromatic heterocycles. The van der Waals surface area contributed by atoms with E-state index in [-0.39, 0.29) is 22.9 Å². The van der Waals surface area contributed by atoms with Crippen molar-refractivity contribution in [3.8, 4) is 0 Å². The zero-order valence-electron chi connectivity index (χ0n) is 15.4. The summed E-state index contributed by atoms with van der Waals surface area (Å²) in [5.74, 6) is -2.42. The minimum atomic E-state index is -0.789. The lowest BCUT2D eigenvalue weighted by molar-refractivity contribution is -0.137. The Morgan fingerprint density at radius 1 is 1.07 bits per heavy atom. The average Bonchev–Trinajstić information content (AvgIpc) is 2.96. The van der Waals surface area contributed by atoms with Crippen molar-refractivity contribution in [3.05, 3.63) is 57.4 Å². The smallest absolute Gasteiger partial charge is 0.338 e. The van der Waals surface area contributed by atoms with Crippen molar-refractivity contribution in [1.82, 2.24) is 4.90 Å².